The monoisotopic (exact) mass is 325 g/mol. The first-order valence-electron chi connectivity index (χ1n) is 7.72. The van der Waals surface area contributed by atoms with Crippen LogP contribution in [0.15, 0.2) is 36.4 Å². The van der Waals surface area contributed by atoms with Crippen molar-refractivity contribution >= 4 is 23.3 Å². The number of benzene rings is 2. The van der Waals surface area contributed by atoms with Crippen molar-refractivity contribution in [1.29, 1.82) is 0 Å². The van der Waals surface area contributed by atoms with Gasteiger partial charge in [0.1, 0.15) is 0 Å². The number of anilines is 2. The van der Waals surface area contributed by atoms with Gasteiger partial charge in [-0.3, -0.25) is 0 Å². The van der Waals surface area contributed by atoms with Crippen LogP contribution in [-0.4, -0.2) is 33.2 Å². The van der Waals surface area contributed by atoms with Gasteiger partial charge in [-0.15, -0.1) is 0 Å². The number of esters is 2. The summed E-state index contributed by atoms with van der Waals surface area (Å²) in [5.41, 5.74) is 4.63. The molecule has 24 heavy (non-hydrogen) atoms. The Labute approximate surface area is 140 Å². The van der Waals surface area contributed by atoms with Gasteiger partial charge in [0.05, 0.1) is 36.7 Å². The Morgan fingerprint density at radius 2 is 1.25 bits per heavy atom. The third-order valence-electron chi connectivity index (χ3n) is 4.38. The highest BCUT2D eigenvalue weighted by atomic mass is 16.5. The van der Waals surface area contributed by atoms with Gasteiger partial charge in [-0.05, 0) is 36.1 Å². The highest BCUT2D eigenvalue weighted by Crippen LogP contribution is 2.39. The molecule has 0 aliphatic carbocycles. The highest BCUT2D eigenvalue weighted by molar-refractivity contribution is 6.02. The molecule has 0 N–H and O–H groups in total. The second-order valence-corrected chi connectivity index (χ2v) is 5.67. The van der Waals surface area contributed by atoms with E-state index in [2.05, 4.69) is 0 Å². The molecular formula is C19H19NO4. The minimum Gasteiger partial charge on any atom is -0.465 e. The van der Waals surface area contributed by atoms with Crippen LogP contribution in [0.3, 0.4) is 0 Å². The van der Waals surface area contributed by atoms with E-state index in [1.54, 1.807) is 12.1 Å². The van der Waals surface area contributed by atoms with Crippen LogP contribution in [0.1, 0.15) is 31.8 Å². The minimum atomic E-state index is -0.391. The first-order valence-corrected chi connectivity index (χ1v) is 7.72. The standard InChI is InChI=1S/C19H19NO4/c1-20-16-12(6-4-8-14(16)18(21)23-2)10-11-13-7-5-9-15(17(13)20)19(22)24-3/h4-9H,10-11H2,1-3H3. The van der Waals surface area contributed by atoms with E-state index >= 15 is 0 Å². The second-order valence-electron chi connectivity index (χ2n) is 5.67. The summed E-state index contributed by atoms with van der Waals surface area (Å²) in [6.45, 7) is 0. The quantitative estimate of drug-likeness (QED) is 0.794. The van der Waals surface area contributed by atoms with Gasteiger partial charge in [0, 0.05) is 7.05 Å². The number of carbonyl (C=O) groups excluding carboxylic acids is 2. The van der Waals surface area contributed by atoms with Crippen molar-refractivity contribution in [2.75, 3.05) is 26.2 Å². The maximum atomic E-state index is 12.2. The predicted octanol–water partition coefficient (Wildman–Crippen LogP) is 3.13. The summed E-state index contributed by atoms with van der Waals surface area (Å²) in [4.78, 5) is 26.3. The summed E-state index contributed by atoms with van der Waals surface area (Å²) < 4.78 is 9.84. The number of carbonyl (C=O) groups is 2. The summed E-state index contributed by atoms with van der Waals surface area (Å²) >= 11 is 0. The van der Waals surface area contributed by atoms with Crippen LogP contribution in [0, 0.1) is 0 Å². The Morgan fingerprint density at radius 3 is 1.62 bits per heavy atom. The zero-order valence-corrected chi connectivity index (χ0v) is 14.0. The molecule has 1 aliphatic heterocycles. The van der Waals surface area contributed by atoms with Gasteiger partial charge in [-0.25, -0.2) is 9.59 Å². The van der Waals surface area contributed by atoms with Crippen LogP contribution in [0.25, 0.3) is 0 Å². The van der Waals surface area contributed by atoms with Crippen LogP contribution in [0.5, 0.6) is 0 Å². The smallest absolute Gasteiger partial charge is 0.339 e. The van der Waals surface area contributed by atoms with Crippen LogP contribution < -0.4 is 4.90 Å². The van der Waals surface area contributed by atoms with Gasteiger partial charge in [0.2, 0.25) is 0 Å². The van der Waals surface area contributed by atoms with Crippen LogP contribution in [0.2, 0.25) is 0 Å². The van der Waals surface area contributed by atoms with Crippen molar-refractivity contribution in [3.05, 3.63) is 58.7 Å². The molecule has 0 unspecified atom stereocenters. The summed E-state index contributed by atoms with van der Waals surface area (Å²) in [7, 11) is 4.60. The van der Waals surface area contributed by atoms with E-state index in [0.717, 1.165) is 35.3 Å². The average molecular weight is 325 g/mol. The normalized spacial score (nSPS) is 12.7. The molecule has 0 aromatic heterocycles. The maximum Gasteiger partial charge on any atom is 0.339 e. The van der Waals surface area contributed by atoms with Crippen molar-refractivity contribution in [3.8, 4) is 0 Å². The molecule has 0 atom stereocenters. The van der Waals surface area contributed by atoms with Crippen molar-refractivity contribution in [2.45, 2.75) is 12.8 Å². The van der Waals surface area contributed by atoms with Crippen LogP contribution in [0.4, 0.5) is 11.4 Å². The Hall–Kier alpha value is -2.82. The predicted molar refractivity (Wildman–Crippen MR) is 91.0 cm³/mol. The zero-order chi connectivity index (χ0) is 17.3. The molecule has 2 aromatic carbocycles. The lowest BCUT2D eigenvalue weighted by atomic mass is 10.0. The SMILES string of the molecule is COC(=O)c1cccc2c1N(C)c1c(cccc1C(=O)OC)CC2. The lowest BCUT2D eigenvalue weighted by Gasteiger charge is -2.25. The largest absolute Gasteiger partial charge is 0.465 e. The number of ether oxygens (including phenoxy) is 2. The molecule has 1 heterocycles. The van der Waals surface area contributed by atoms with Gasteiger partial charge >= 0.3 is 11.9 Å². The molecule has 0 spiro atoms. The van der Waals surface area contributed by atoms with Crippen LogP contribution in [-0.2, 0) is 22.3 Å². The first-order chi connectivity index (χ1) is 11.6. The van der Waals surface area contributed by atoms with E-state index < -0.39 is 11.9 Å². The lowest BCUT2D eigenvalue weighted by molar-refractivity contribution is 0.0593. The average Bonchev–Trinajstić information content (AvgIpc) is 2.77. The van der Waals surface area contributed by atoms with E-state index in [4.69, 9.17) is 9.47 Å². The minimum absolute atomic E-state index is 0.391. The van der Waals surface area contributed by atoms with E-state index in [-0.39, 0.29) is 0 Å². The number of rotatable bonds is 2. The molecule has 5 nitrogen and oxygen atoms in total. The third-order valence-corrected chi connectivity index (χ3v) is 4.38. The van der Waals surface area contributed by atoms with Gasteiger partial charge in [0.25, 0.3) is 0 Å². The molecule has 2 aromatic rings. The Morgan fingerprint density at radius 1 is 0.833 bits per heavy atom. The number of aryl methyl sites for hydroxylation is 2. The third kappa shape index (κ3) is 2.52. The fourth-order valence-corrected chi connectivity index (χ4v) is 3.31. The Bertz CT molecular complexity index is 746. The summed E-state index contributed by atoms with van der Waals surface area (Å²) in [6, 6.07) is 11.2. The van der Waals surface area contributed by atoms with E-state index in [1.807, 2.05) is 36.2 Å². The summed E-state index contributed by atoms with van der Waals surface area (Å²) in [5, 5.41) is 0. The molecule has 0 saturated carbocycles. The maximum absolute atomic E-state index is 12.2. The molecule has 5 heteroatoms. The molecule has 0 bridgehead atoms. The number of hydrogen-bond acceptors (Lipinski definition) is 5. The number of para-hydroxylation sites is 2. The molecule has 124 valence electrons. The topological polar surface area (TPSA) is 55.8 Å². The van der Waals surface area contributed by atoms with Gasteiger partial charge in [-0.1, -0.05) is 24.3 Å². The molecule has 3 rings (SSSR count). The summed E-state index contributed by atoms with van der Waals surface area (Å²) in [5.74, 6) is -0.782. The fourth-order valence-electron chi connectivity index (χ4n) is 3.31. The van der Waals surface area contributed by atoms with Gasteiger partial charge in [-0.2, -0.15) is 0 Å². The van der Waals surface area contributed by atoms with Gasteiger partial charge < -0.3 is 14.4 Å². The molecular weight excluding hydrogens is 306 g/mol. The first kappa shape index (κ1) is 16.1. The zero-order valence-electron chi connectivity index (χ0n) is 14.0. The second kappa shape index (κ2) is 6.35. The molecule has 1 aliphatic rings. The Kier molecular flexibility index (Phi) is 4.25. The Balaban J connectivity index is 2.25. The van der Waals surface area contributed by atoms with Gasteiger partial charge in [0.15, 0.2) is 0 Å². The molecule has 0 amide bonds. The number of nitrogens with zero attached hydrogens (tertiary/aromatic N) is 1. The molecule has 0 saturated heterocycles. The summed E-state index contributed by atoms with van der Waals surface area (Å²) in [6.07, 6.45) is 1.56. The highest BCUT2D eigenvalue weighted by Gasteiger charge is 2.27. The fraction of sp³-hybridized carbons (Fsp3) is 0.263. The number of methoxy groups -OCH3 is 2. The van der Waals surface area contributed by atoms with E-state index in [9.17, 15) is 9.59 Å². The lowest BCUT2D eigenvalue weighted by Crippen LogP contribution is -2.19. The van der Waals surface area contributed by atoms with E-state index in [0.29, 0.717) is 11.1 Å². The number of fused-ring (bicyclic) bond motifs is 2. The number of hydrogen-bond donors (Lipinski definition) is 0. The van der Waals surface area contributed by atoms with Crippen molar-refractivity contribution in [1.82, 2.24) is 0 Å². The van der Waals surface area contributed by atoms with E-state index in [1.165, 1.54) is 14.2 Å². The van der Waals surface area contributed by atoms with Crippen molar-refractivity contribution in [2.24, 2.45) is 0 Å². The van der Waals surface area contributed by atoms with Crippen molar-refractivity contribution < 1.29 is 19.1 Å². The van der Waals surface area contributed by atoms with Crippen molar-refractivity contribution in [3.63, 3.8) is 0 Å². The molecule has 0 fully saturated rings. The van der Waals surface area contributed by atoms with Crippen LogP contribution >= 0.6 is 0 Å². The molecule has 0 radical (unpaired) electrons.